The van der Waals surface area contributed by atoms with Crippen LogP contribution in [0.4, 0.5) is 5.69 Å². The van der Waals surface area contributed by atoms with Crippen molar-refractivity contribution in [2.75, 3.05) is 25.1 Å². The Morgan fingerprint density at radius 2 is 1.88 bits per heavy atom. The molecule has 0 spiro atoms. The van der Waals surface area contributed by atoms with Gasteiger partial charge in [-0.15, -0.1) is 0 Å². The molecule has 3 nitrogen and oxygen atoms in total. The highest BCUT2D eigenvalue weighted by Crippen LogP contribution is 2.16. The summed E-state index contributed by atoms with van der Waals surface area (Å²) in [6, 6.07) is 8.04. The molecule has 17 heavy (non-hydrogen) atoms. The van der Waals surface area contributed by atoms with Crippen LogP contribution in [0.2, 0.25) is 0 Å². The topological polar surface area (TPSA) is 41.5 Å². The molecule has 0 aromatic heterocycles. The highest BCUT2D eigenvalue weighted by molar-refractivity contribution is 5.46. The van der Waals surface area contributed by atoms with Crippen molar-refractivity contribution in [2.24, 2.45) is 0 Å². The average Bonchev–Trinajstić information content (AvgIpc) is 2.37. The van der Waals surface area contributed by atoms with Crippen molar-refractivity contribution in [1.82, 2.24) is 0 Å². The predicted molar refractivity (Wildman–Crippen MR) is 71.7 cm³/mol. The summed E-state index contributed by atoms with van der Waals surface area (Å²) in [5.74, 6) is 0.930. The summed E-state index contributed by atoms with van der Waals surface area (Å²) in [5.41, 5.74) is 1.10. The molecule has 1 aromatic carbocycles. The SMILES string of the molecule is CCCCOc1ccc(NCCCCO)cc1. The third-order valence-electron chi connectivity index (χ3n) is 2.53. The summed E-state index contributed by atoms with van der Waals surface area (Å²) in [7, 11) is 0. The smallest absolute Gasteiger partial charge is 0.119 e. The van der Waals surface area contributed by atoms with E-state index in [0.29, 0.717) is 0 Å². The van der Waals surface area contributed by atoms with E-state index in [1.807, 2.05) is 24.3 Å². The zero-order valence-electron chi connectivity index (χ0n) is 10.6. The minimum atomic E-state index is 0.270. The predicted octanol–water partition coefficient (Wildman–Crippen LogP) is 3.05. The molecule has 0 radical (unpaired) electrons. The van der Waals surface area contributed by atoms with Gasteiger partial charge in [-0.05, 0) is 43.5 Å². The van der Waals surface area contributed by atoms with Crippen molar-refractivity contribution in [2.45, 2.75) is 32.6 Å². The normalized spacial score (nSPS) is 10.2. The van der Waals surface area contributed by atoms with Crippen LogP contribution in [-0.4, -0.2) is 24.9 Å². The molecule has 0 aliphatic rings. The van der Waals surface area contributed by atoms with E-state index >= 15 is 0 Å². The number of hydrogen-bond acceptors (Lipinski definition) is 3. The summed E-state index contributed by atoms with van der Waals surface area (Å²) in [6.07, 6.45) is 4.10. The summed E-state index contributed by atoms with van der Waals surface area (Å²) in [5, 5.41) is 12.0. The van der Waals surface area contributed by atoms with Crippen LogP contribution in [0.25, 0.3) is 0 Å². The van der Waals surface area contributed by atoms with Crippen molar-refractivity contribution in [3.05, 3.63) is 24.3 Å². The van der Waals surface area contributed by atoms with Crippen molar-refractivity contribution in [3.8, 4) is 5.75 Å². The first kappa shape index (κ1) is 13.8. The lowest BCUT2D eigenvalue weighted by molar-refractivity contribution is 0.286. The number of unbranched alkanes of at least 4 members (excludes halogenated alkanes) is 2. The maximum atomic E-state index is 8.66. The zero-order valence-corrected chi connectivity index (χ0v) is 10.6. The van der Waals surface area contributed by atoms with Crippen molar-refractivity contribution in [1.29, 1.82) is 0 Å². The van der Waals surface area contributed by atoms with Gasteiger partial charge in [-0.25, -0.2) is 0 Å². The van der Waals surface area contributed by atoms with Gasteiger partial charge in [0.05, 0.1) is 6.61 Å². The molecule has 0 aliphatic heterocycles. The van der Waals surface area contributed by atoms with Gasteiger partial charge in [-0.1, -0.05) is 13.3 Å². The lowest BCUT2D eigenvalue weighted by Gasteiger charge is -2.08. The van der Waals surface area contributed by atoms with E-state index in [4.69, 9.17) is 9.84 Å². The third kappa shape index (κ3) is 6.17. The van der Waals surface area contributed by atoms with Crippen LogP contribution in [0.5, 0.6) is 5.75 Å². The maximum Gasteiger partial charge on any atom is 0.119 e. The highest BCUT2D eigenvalue weighted by atomic mass is 16.5. The van der Waals surface area contributed by atoms with E-state index in [9.17, 15) is 0 Å². The van der Waals surface area contributed by atoms with Crippen LogP contribution in [0.3, 0.4) is 0 Å². The number of anilines is 1. The lowest BCUT2D eigenvalue weighted by atomic mass is 10.2. The molecule has 96 valence electrons. The Hall–Kier alpha value is -1.22. The Labute approximate surface area is 104 Å². The molecule has 0 amide bonds. The van der Waals surface area contributed by atoms with E-state index in [0.717, 1.165) is 50.3 Å². The Morgan fingerprint density at radius 1 is 1.12 bits per heavy atom. The van der Waals surface area contributed by atoms with Crippen LogP contribution >= 0.6 is 0 Å². The molecular weight excluding hydrogens is 214 g/mol. The maximum absolute atomic E-state index is 8.66. The largest absolute Gasteiger partial charge is 0.494 e. The molecule has 0 unspecified atom stereocenters. The first-order chi connectivity index (χ1) is 8.36. The van der Waals surface area contributed by atoms with Crippen molar-refractivity contribution >= 4 is 5.69 Å². The number of nitrogens with one attached hydrogen (secondary N) is 1. The van der Waals surface area contributed by atoms with Gasteiger partial charge in [-0.3, -0.25) is 0 Å². The van der Waals surface area contributed by atoms with E-state index in [1.165, 1.54) is 0 Å². The Morgan fingerprint density at radius 3 is 2.53 bits per heavy atom. The monoisotopic (exact) mass is 237 g/mol. The van der Waals surface area contributed by atoms with Gasteiger partial charge >= 0.3 is 0 Å². The molecule has 0 aliphatic carbocycles. The number of hydrogen-bond donors (Lipinski definition) is 2. The van der Waals surface area contributed by atoms with Gasteiger partial charge in [-0.2, -0.15) is 0 Å². The first-order valence-corrected chi connectivity index (χ1v) is 6.44. The second-order valence-electron chi connectivity index (χ2n) is 4.08. The van der Waals surface area contributed by atoms with Gasteiger partial charge in [0.2, 0.25) is 0 Å². The number of rotatable bonds is 9. The van der Waals surface area contributed by atoms with Gasteiger partial charge in [0, 0.05) is 18.8 Å². The van der Waals surface area contributed by atoms with E-state index in [-0.39, 0.29) is 6.61 Å². The van der Waals surface area contributed by atoms with Gasteiger partial charge in [0.15, 0.2) is 0 Å². The Kier molecular flexibility index (Phi) is 7.23. The van der Waals surface area contributed by atoms with Crippen LogP contribution < -0.4 is 10.1 Å². The minimum Gasteiger partial charge on any atom is -0.494 e. The quantitative estimate of drug-likeness (QED) is 0.649. The Balaban J connectivity index is 2.24. The van der Waals surface area contributed by atoms with Gasteiger partial charge in [0.25, 0.3) is 0 Å². The number of aliphatic hydroxyl groups is 1. The number of benzene rings is 1. The molecule has 0 saturated heterocycles. The molecular formula is C14H23NO2. The van der Waals surface area contributed by atoms with Gasteiger partial charge < -0.3 is 15.2 Å². The molecule has 0 bridgehead atoms. The lowest BCUT2D eigenvalue weighted by Crippen LogP contribution is -2.02. The molecule has 0 atom stereocenters. The summed E-state index contributed by atoms with van der Waals surface area (Å²) in [6.45, 7) is 4.12. The van der Waals surface area contributed by atoms with Gasteiger partial charge in [0.1, 0.15) is 5.75 Å². The number of aliphatic hydroxyl groups excluding tert-OH is 1. The van der Waals surface area contributed by atoms with Crippen LogP contribution in [0.15, 0.2) is 24.3 Å². The second-order valence-corrected chi connectivity index (χ2v) is 4.08. The molecule has 1 aromatic rings. The minimum absolute atomic E-state index is 0.270. The molecule has 0 fully saturated rings. The molecule has 0 heterocycles. The molecule has 0 saturated carbocycles. The fourth-order valence-corrected chi connectivity index (χ4v) is 1.47. The first-order valence-electron chi connectivity index (χ1n) is 6.44. The average molecular weight is 237 g/mol. The van der Waals surface area contributed by atoms with Crippen LogP contribution in [-0.2, 0) is 0 Å². The fourth-order valence-electron chi connectivity index (χ4n) is 1.47. The number of ether oxygens (including phenoxy) is 1. The van der Waals surface area contributed by atoms with E-state index in [1.54, 1.807) is 0 Å². The third-order valence-corrected chi connectivity index (χ3v) is 2.53. The fraction of sp³-hybridized carbons (Fsp3) is 0.571. The highest BCUT2D eigenvalue weighted by Gasteiger charge is 1.95. The van der Waals surface area contributed by atoms with E-state index in [2.05, 4.69) is 12.2 Å². The summed E-state index contributed by atoms with van der Waals surface area (Å²) >= 11 is 0. The summed E-state index contributed by atoms with van der Waals surface area (Å²) in [4.78, 5) is 0. The van der Waals surface area contributed by atoms with Crippen molar-refractivity contribution in [3.63, 3.8) is 0 Å². The second kappa shape index (κ2) is 8.88. The standard InChI is InChI=1S/C14H23NO2/c1-2-3-12-17-14-8-6-13(7-9-14)15-10-4-5-11-16/h6-9,15-16H,2-5,10-12H2,1H3. The molecule has 3 heteroatoms. The molecule has 2 N–H and O–H groups in total. The molecule has 1 rings (SSSR count). The van der Waals surface area contributed by atoms with Crippen LogP contribution in [0, 0.1) is 0 Å². The van der Waals surface area contributed by atoms with E-state index < -0.39 is 0 Å². The zero-order chi connectivity index (χ0) is 12.3. The van der Waals surface area contributed by atoms with Crippen molar-refractivity contribution < 1.29 is 9.84 Å². The summed E-state index contributed by atoms with van der Waals surface area (Å²) < 4.78 is 5.58. The Bertz CT molecular complexity index is 285. The van der Waals surface area contributed by atoms with Crippen LogP contribution in [0.1, 0.15) is 32.6 Å².